The first-order valence-electron chi connectivity index (χ1n) is 9.21. The maximum atomic E-state index is 13.2. The van der Waals surface area contributed by atoms with Gasteiger partial charge in [-0.15, -0.1) is 5.10 Å². The van der Waals surface area contributed by atoms with Gasteiger partial charge in [0.2, 0.25) is 0 Å². The first kappa shape index (κ1) is 22.5. The highest BCUT2D eigenvalue weighted by molar-refractivity contribution is 7.89. The molecule has 1 unspecified atom stereocenters. The third-order valence-electron chi connectivity index (χ3n) is 4.08. The van der Waals surface area contributed by atoms with Gasteiger partial charge >= 0.3 is 0 Å². The van der Waals surface area contributed by atoms with Gasteiger partial charge in [0, 0.05) is 21.7 Å². The molecule has 0 spiro atoms. The fourth-order valence-electron chi connectivity index (χ4n) is 2.70. The van der Waals surface area contributed by atoms with E-state index < -0.39 is 11.0 Å². The zero-order valence-corrected chi connectivity index (χ0v) is 18.0. The minimum Gasteiger partial charge on any atom is -0.382 e. The molecule has 0 saturated carbocycles. The van der Waals surface area contributed by atoms with Crippen LogP contribution in [-0.2, 0) is 17.5 Å². The Hall–Kier alpha value is -3.20. The van der Waals surface area contributed by atoms with E-state index in [0.717, 1.165) is 5.56 Å². The molecule has 0 heterocycles. The van der Waals surface area contributed by atoms with Crippen LogP contribution < -0.4 is 16.3 Å². The van der Waals surface area contributed by atoms with Crippen molar-refractivity contribution in [1.82, 2.24) is 5.12 Å². The lowest BCUT2D eigenvalue weighted by atomic mass is 10.2. The van der Waals surface area contributed by atoms with Crippen molar-refractivity contribution in [2.24, 2.45) is 16.7 Å². The summed E-state index contributed by atoms with van der Waals surface area (Å²) < 4.78 is 28.3. The third kappa shape index (κ3) is 7.21. The highest BCUT2D eigenvalue weighted by Crippen LogP contribution is 2.14. The summed E-state index contributed by atoms with van der Waals surface area (Å²) >= 11 is 5.98. The van der Waals surface area contributed by atoms with Crippen molar-refractivity contribution in [3.8, 4) is 0 Å². The molecule has 0 aliphatic carbocycles. The number of nitrogens with two attached hydrogens (primary N) is 2. The van der Waals surface area contributed by atoms with Crippen LogP contribution in [0.25, 0.3) is 6.08 Å². The van der Waals surface area contributed by atoms with Crippen LogP contribution in [0.4, 0.5) is 10.1 Å². The first-order valence-corrected chi connectivity index (χ1v) is 10.8. The fourth-order valence-corrected chi connectivity index (χ4v) is 3.62. The molecule has 0 aliphatic rings. The molecule has 3 aromatic carbocycles. The number of amidine groups is 1. The molecule has 31 heavy (non-hydrogen) atoms. The second kappa shape index (κ2) is 10.7. The van der Waals surface area contributed by atoms with Crippen LogP contribution >= 0.6 is 11.6 Å². The monoisotopic (exact) mass is 457 g/mol. The van der Waals surface area contributed by atoms with Gasteiger partial charge in [-0.05, 0) is 53.6 Å². The highest BCUT2D eigenvalue weighted by Gasteiger charge is 2.05. The Kier molecular flexibility index (Phi) is 7.77. The van der Waals surface area contributed by atoms with E-state index in [9.17, 15) is 8.60 Å². The molecule has 1 atom stereocenters. The number of hydrogen-bond donors (Lipinski definition) is 3. The Bertz CT molecular complexity index is 1140. The van der Waals surface area contributed by atoms with Gasteiger partial charge < -0.3 is 10.5 Å². The van der Waals surface area contributed by atoms with Crippen molar-refractivity contribution < 1.29 is 8.60 Å². The molecule has 0 saturated heterocycles. The molecule has 5 N–H and O–H groups in total. The lowest BCUT2D eigenvalue weighted by Crippen LogP contribution is -2.29. The van der Waals surface area contributed by atoms with Crippen LogP contribution in [0.2, 0.25) is 5.02 Å². The molecule has 0 fully saturated rings. The fraction of sp³-hybridized carbons (Fsp3) is 0.0455. The molecule has 0 aliphatic heterocycles. The largest absolute Gasteiger partial charge is 0.382 e. The molecule has 0 aromatic heterocycles. The Morgan fingerprint density at radius 2 is 1.90 bits per heavy atom. The van der Waals surface area contributed by atoms with Crippen molar-refractivity contribution in [3.63, 3.8) is 0 Å². The summed E-state index contributed by atoms with van der Waals surface area (Å²) in [5, 5.41) is 7.46. The number of hydrazine groups is 1. The number of anilines is 1. The average molecular weight is 458 g/mol. The molecule has 3 aromatic rings. The molecule has 3 rings (SSSR count). The number of hydrazone groups is 1. The van der Waals surface area contributed by atoms with E-state index in [1.807, 2.05) is 12.1 Å². The summed E-state index contributed by atoms with van der Waals surface area (Å²) in [6.07, 6.45) is 1.58. The normalized spacial score (nSPS) is 12.7. The second-order valence-corrected chi connectivity index (χ2v) is 8.06. The summed E-state index contributed by atoms with van der Waals surface area (Å²) in [5.41, 5.74) is 8.77. The summed E-state index contributed by atoms with van der Waals surface area (Å²) in [4.78, 5) is 0. The van der Waals surface area contributed by atoms with E-state index in [1.165, 1.54) is 22.7 Å². The molecule has 0 amide bonds. The molecule has 160 valence electrons. The zero-order valence-electron chi connectivity index (χ0n) is 16.4. The third-order valence-corrected chi connectivity index (χ3v) is 5.13. The summed E-state index contributed by atoms with van der Waals surface area (Å²) in [6.45, 7) is 0.327. The van der Waals surface area contributed by atoms with E-state index in [-0.39, 0.29) is 11.7 Å². The number of hydrogen-bond acceptors (Lipinski definition) is 4. The van der Waals surface area contributed by atoms with Crippen molar-refractivity contribution in [2.75, 3.05) is 4.72 Å². The highest BCUT2D eigenvalue weighted by atomic mass is 35.5. The quantitative estimate of drug-likeness (QED) is 0.204. The lowest BCUT2D eigenvalue weighted by Gasteiger charge is -2.14. The van der Waals surface area contributed by atoms with Gasteiger partial charge in [0.25, 0.3) is 0 Å². The number of halogens is 2. The lowest BCUT2D eigenvalue weighted by molar-refractivity contribution is 0.290. The number of rotatable bonds is 8. The van der Waals surface area contributed by atoms with Crippen LogP contribution in [0.5, 0.6) is 0 Å². The van der Waals surface area contributed by atoms with Crippen molar-refractivity contribution in [2.45, 2.75) is 6.54 Å². The van der Waals surface area contributed by atoms with Crippen LogP contribution in [-0.4, -0.2) is 15.2 Å². The number of benzene rings is 3. The van der Waals surface area contributed by atoms with Gasteiger partial charge in [-0.1, -0.05) is 48.0 Å². The molecule has 9 heteroatoms. The predicted octanol–water partition coefficient (Wildman–Crippen LogP) is 4.22. The van der Waals surface area contributed by atoms with E-state index in [4.69, 9.17) is 23.2 Å². The van der Waals surface area contributed by atoms with E-state index in [1.54, 1.807) is 54.6 Å². The Labute approximate surface area is 187 Å². The zero-order chi connectivity index (χ0) is 22.2. The number of nitrogens with one attached hydrogen (secondary N) is 1. The average Bonchev–Trinajstić information content (AvgIpc) is 2.72. The van der Waals surface area contributed by atoms with Gasteiger partial charge in [-0.25, -0.2) is 19.6 Å². The molecular weight excluding hydrogens is 437 g/mol. The second-order valence-electron chi connectivity index (χ2n) is 6.55. The van der Waals surface area contributed by atoms with Gasteiger partial charge in [-0.3, -0.25) is 0 Å². The van der Waals surface area contributed by atoms with Crippen LogP contribution in [0.3, 0.4) is 0 Å². The Balaban J connectivity index is 1.64. The summed E-state index contributed by atoms with van der Waals surface area (Å²) in [6, 6.07) is 20.3. The molecular formula is C22H21ClFN5OS. The minimum absolute atomic E-state index is 0.203. The smallest absolute Gasteiger partial charge is 0.152 e. The minimum atomic E-state index is -1.52. The number of nitrogens with zero attached hydrogens (tertiary/aromatic N) is 2. The van der Waals surface area contributed by atoms with E-state index in [0.29, 0.717) is 28.4 Å². The standard InChI is InChI=1S/C22H21ClFN5OS/c23-19-7-1-5-17(12-19)15-29(26)27-22(25)18-6-3-9-21(14-18)28-31(30)11-10-16-4-2-8-20(24)13-16/h1-14,28H,15,26H2,(H2,25,27)/b11-10+. The first-order chi connectivity index (χ1) is 14.9. The van der Waals surface area contributed by atoms with Crippen LogP contribution in [0.1, 0.15) is 16.7 Å². The summed E-state index contributed by atoms with van der Waals surface area (Å²) in [5.74, 6) is 5.79. The summed E-state index contributed by atoms with van der Waals surface area (Å²) in [7, 11) is -1.52. The SMILES string of the molecule is N/C(=N\N(N)Cc1cccc(Cl)c1)c1cccc(NS(=O)/C=C/c2cccc(F)c2)c1. The topological polar surface area (TPSA) is 96.7 Å². The van der Waals surface area contributed by atoms with Crippen LogP contribution in [0.15, 0.2) is 83.3 Å². The van der Waals surface area contributed by atoms with Crippen molar-refractivity contribution >= 4 is 40.2 Å². The maximum absolute atomic E-state index is 13.2. The molecule has 0 radical (unpaired) electrons. The Morgan fingerprint density at radius 3 is 2.68 bits per heavy atom. The van der Waals surface area contributed by atoms with Crippen molar-refractivity contribution in [1.29, 1.82) is 0 Å². The van der Waals surface area contributed by atoms with Gasteiger partial charge in [0.1, 0.15) is 16.8 Å². The van der Waals surface area contributed by atoms with Gasteiger partial charge in [-0.2, -0.15) is 0 Å². The Morgan fingerprint density at radius 1 is 1.13 bits per heavy atom. The van der Waals surface area contributed by atoms with E-state index >= 15 is 0 Å². The van der Waals surface area contributed by atoms with Crippen molar-refractivity contribution in [3.05, 3.63) is 106 Å². The van der Waals surface area contributed by atoms with Gasteiger partial charge in [0.05, 0.1) is 6.54 Å². The van der Waals surface area contributed by atoms with E-state index in [2.05, 4.69) is 9.82 Å². The van der Waals surface area contributed by atoms with Crippen LogP contribution in [0, 0.1) is 5.82 Å². The van der Waals surface area contributed by atoms with Gasteiger partial charge in [0.15, 0.2) is 5.84 Å². The molecule has 0 bridgehead atoms. The molecule has 6 nitrogen and oxygen atoms in total. The predicted molar refractivity (Wildman–Crippen MR) is 126 cm³/mol. The maximum Gasteiger partial charge on any atom is 0.152 e.